The summed E-state index contributed by atoms with van der Waals surface area (Å²) in [4.78, 5) is 28.2. The fraction of sp³-hybridized carbons (Fsp3) is 0.167. The van der Waals surface area contributed by atoms with Crippen molar-refractivity contribution in [3.8, 4) is 5.75 Å². The summed E-state index contributed by atoms with van der Waals surface area (Å²) in [6.45, 7) is 0.499. The smallest absolute Gasteiger partial charge is 0.262 e. The van der Waals surface area contributed by atoms with E-state index in [2.05, 4.69) is 15.6 Å². The molecule has 6 nitrogen and oxygen atoms in total. The summed E-state index contributed by atoms with van der Waals surface area (Å²) in [5.41, 5.74) is 1.99. The summed E-state index contributed by atoms with van der Waals surface area (Å²) >= 11 is 1.64. The molecule has 2 amide bonds. The van der Waals surface area contributed by atoms with Crippen molar-refractivity contribution >= 4 is 39.1 Å². The number of thiazole rings is 1. The van der Waals surface area contributed by atoms with Gasteiger partial charge < -0.3 is 15.4 Å². The summed E-state index contributed by atoms with van der Waals surface area (Å²) in [6, 6.07) is 13.0. The second-order valence-corrected chi connectivity index (χ2v) is 6.74. The van der Waals surface area contributed by atoms with Crippen LogP contribution in [0.5, 0.6) is 5.75 Å². The summed E-state index contributed by atoms with van der Waals surface area (Å²) in [5.74, 6) is 0.162. The number of carbonyl (C=O) groups excluding carboxylic acids is 2. The first-order valence-corrected chi connectivity index (χ1v) is 8.70. The standard InChI is InChI=1S/C18H15N3O3S/c22-16-10-24-14-6-5-11(9-13(14)20-16)18(23)19-8-7-17-21-12-3-1-2-4-15(12)25-17/h1-6,9H,7-8,10H2,(H,19,23)(H,20,22). The van der Waals surface area contributed by atoms with E-state index in [1.54, 1.807) is 29.5 Å². The molecular formula is C18H15N3O3S. The average molecular weight is 353 g/mol. The molecule has 0 aliphatic carbocycles. The Labute approximate surface area is 147 Å². The summed E-state index contributed by atoms with van der Waals surface area (Å²) < 4.78 is 6.44. The van der Waals surface area contributed by atoms with Crippen molar-refractivity contribution in [3.63, 3.8) is 0 Å². The Bertz CT molecular complexity index is 934. The molecule has 0 radical (unpaired) electrons. The number of benzene rings is 2. The number of amides is 2. The molecule has 126 valence electrons. The molecule has 2 N–H and O–H groups in total. The predicted octanol–water partition coefficient (Wildman–Crippen LogP) is 2.60. The first-order chi connectivity index (χ1) is 12.2. The quantitative estimate of drug-likeness (QED) is 0.755. The lowest BCUT2D eigenvalue weighted by atomic mass is 10.1. The van der Waals surface area contributed by atoms with Crippen LogP contribution in [0.3, 0.4) is 0 Å². The fourth-order valence-electron chi connectivity index (χ4n) is 2.64. The molecule has 1 aliphatic rings. The van der Waals surface area contributed by atoms with E-state index >= 15 is 0 Å². The van der Waals surface area contributed by atoms with Crippen LogP contribution in [0, 0.1) is 0 Å². The highest BCUT2D eigenvalue weighted by Crippen LogP contribution is 2.28. The summed E-state index contributed by atoms with van der Waals surface area (Å²) in [7, 11) is 0. The molecule has 0 saturated carbocycles. The maximum atomic E-state index is 12.3. The lowest BCUT2D eigenvalue weighted by Crippen LogP contribution is -2.28. The largest absolute Gasteiger partial charge is 0.482 e. The van der Waals surface area contributed by atoms with Crippen molar-refractivity contribution in [2.24, 2.45) is 0 Å². The topological polar surface area (TPSA) is 80.3 Å². The normalized spacial score (nSPS) is 13.0. The van der Waals surface area contributed by atoms with Crippen molar-refractivity contribution < 1.29 is 14.3 Å². The Morgan fingerprint density at radius 2 is 2.16 bits per heavy atom. The van der Waals surface area contributed by atoms with E-state index in [0.717, 1.165) is 15.2 Å². The molecule has 0 saturated heterocycles. The summed E-state index contributed by atoms with van der Waals surface area (Å²) in [5, 5.41) is 6.58. The Hall–Kier alpha value is -2.93. The zero-order chi connectivity index (χ0) is 17.2. The Morgan fingerprint density at radius 1 is 1.28 bits per heavy atom. The average Bonchev–Trinajstić information content (AvgIpc) is 3.03. The molecule has 4 rings (SSSR count). The lowest BCUT2D eigenvalue weighted by Gasteiger charge is -2.18. The number of fused-ring (bicyclic) bond motifs is 2. The van der Waals surface area contributed by atoms with Gasteiger partial charge in [0.2, 0.25) is 0 Å². The molecule has 1 aliphatic heterocycles. The van der Waals surface area contributed by atoms with Crippen LogP contribution in [0.2, 0.25) is 0 Å². The fourth-order valence-corrected chi connectivity index (χ4v) is 3.60. The van der Waals surface area contributed by atoms with E-state index in [1.165, 1.54) is 0 Å². The van der Waals surface area contributed by atoms with Crippen LogP contribution in [0.15, 0.2) is 42.5 Å². The second kappa shape index (κ2) is 6.52. The van der Waals surface area contributed by atoms with E-state index in [1.807, 2.05) is 24.3 Å². The monoisotopic (exact) mass is 353 g/mol. The van der Waals surface area contributed by atoms with E-state index < -0.39 is 0 Å². The van der Waals surface area contributed by atoms with Crippen molar-refractivity contribution in [2.45, 2.75) is 6.42 Å². The number of hydrogen-bond donors (Lipinski definition) is 2. The predicted molar refractivity (Wildman–Crippen MR) is 96.2 cm³/mol. The minimum atomic E-state index is -0.221. The Balaban J connectivity index is 1.39. The third-order valence-electron chi connectivity index (χ3n) is 3.84. The molecule has 25 heavy (non-hydrogen) atoms. The van der Waals surface area contributed by atoms with E-state index in [0.29, 0.717) is 30.0 Å². The number of nitrogens with one attached hydrogen (secondary N) is 2. The molecule has 0 bridgehead atoms. The Kier molecular flexibility index (Phi) is 4.07. The van der Waals surface area contributed by atoms with Gasteiger partial charge in [-0.25, -0.2) is 4.98 Å². The number of anilines is 1. The van der Waals surface area contributed by atoms with Gasteiger partial charge in [-0.15, -0.1) is 11.3 Å². The van der Waals surface area contributed by atoms with Gasteiger partial charge in [0.1, 0.15) is 5.75 Å². The Morgan fingerprint density at radius 3 is 3.04 bits per heavy atom. The first kappa shape index (κ1) is 15.6. The molecular weight excluding hydrogens is 338 g/mol. The zero-order valence-electron chi connectivity index (χ0n) is 13.2. The van der Waals surface area contributed by atoms with Crippen LogP contribution in [0.4, 0.5) is 5.69 Å². The molecule has 0 atom stereocenters. The van der Waals surface area contributed by atoms with Crippen molar-refractivity contribution in [2.75, 3.05) is 18.5 Å². The lowest BCUT2D eigenvalue weighted by molar-refractivity contribution is -0.118. The molecule has 0 fully saturated rings. The van der Waals surface area contributed by atoms with Gasteiger partial charge in [0.15, 0.2) is 6.61 Å². The third kappa shape index (κ3) is 3.32. The van der Waals surface area contributed by atoms with Gasteiger partial charge in [0.25, 0.3) is 11.8 Å². The number of hydrogen-bond acceptors (Lipinski definition) is 5. The van der Waals surface area contributed by atoms with Crippen LogP contribution in [0.1, 0.15) is 15.4 Å². The summed E-state index contributed by atoms with van der Waals surface area (Å²) in [6.07, 6.45) is 0.676. The van der Waals surface area contributed by atoms with Crippen LogP contribution in [0.25, 0.3) is 10.2 Å². The van der Waals surface area contributed by atoms with Crippen molar-refractivity contribution in [1.29, 1.82) is 0 Å². The molecule has 1 aromatic heterocycles. The van der Waals surface area contributed by atoms with E-state index in [4.69, 9.17) is 4.74 Å². The van der Waals surface area contributed by atoms with Gasteiger partial charge >= 0.3 is 0 Å². The van der Waals surface area contributed by atoms with E-state index in [-0.39, 0.29) is 18.4 Å². The molecule has 2 heterocycles. The van der Waals surface area contributed by atoms with Gasteiger partial charge in [-0.1, -0.05) is 12.1 Å². The van der Waals surface area contributed by atoms with Crippen molar-refractivity contribution in [3.05, 3.63) is 53.0 Å². The zero-order valence-corrected chi connectivity index (χ0v) is 14.1. The molecule has 7 heteroatoms. The second-order valence-electron chi connectivity index (χ2n) is 5.63. The highest BCUT2D eigenvalue weighted by molar-refractivity contribution is 7.18. The number of para-hydroxylation sites is 1. The van der Waals surface area contributed by atoms with Gasteiger partial charge in [-0.05, 0) is 30.3 Å². The highest BCUT2D eigenvalue weighted by Gasteiger charge is 2.17. The van der Waals surface area contributed by atoms with Gasteiger partial charge in [0, 0.05) is 18.5 Å². The highest BCUT2D eigenvalue weighted by atomic mass is 32.1. The molecule has 0 unspecified atom stereocenters. The number of ether oxygens (including phenoxy) is 1. The van der Waals surface area contributed by atoms with Crippen molar-refractivity contribution in [1.82, 2.24) is 10.3 Å². The molecule has 0 spiro atoms. The number of aromatic nitrogens is 1. The molecule has 2 aromatic carbocycles. The minimum Gasteiger partial charge on any atom is -0.482 e. The number of carbonyl (C=O) groups is 2. The SMILES string of the molecule is O=C1COc2ccc(C(=O)NCCc3nc4ccccc4s3)cc2N1. The first-order valence-electron chi connectivity index (χ1n) is 7.88. The maximum absolute atomic E-state index is 12.3. The van der Waals surface area contributed by atoms with E-state index in [9.17, 15) is 9.59 Å². The number of rotatable bonds is 4. The van der Waals surface area contributed by atoms with Crippen LogP contribution >= 0.6 is 11.3 Å². The number of nitrogens with zero attached hydrogens (tertiary/aromatic N) is 1. The van der Waals surface area contributed by atoms with Crippen LogP contribution in [-0.4, -0.2) is 29.9 Å². The van der Waals surface area contributed by atoms with Gasteiger partial charge in [-0.2, -0.15) is 0 Å². The van der Waals surface area contributed by atoms with Gasteiger partial charge in [-0.3, -0.25) is 9.59 Å². The maximum Gasteiger partial charge on any atom is 0.262 e. The third-order valence-corrected chi connectivity index (χ3v) is 4.93. The van der Waals surface area contributed by atoms with Gasteiger partial charge in [0.05, 0.1) is 20.9 Å². The molecule has 3 aromatic rings. The van der Waals surface area contributed by atoms with Crippen LogP contribution < -0.4 is 15.4 Å². The van der Waals surface area contributed by atoms with Crippen LogP contribution in [-0.2, 0) is 11.2 Å². The minimum absolute atomic E-state index is 0.000705.